The molecule has 0 saturated carbocycles. The summed E-state index contributed by atoms with van der Waals surface area (Å²) in [5.41, 5.74) is 4.23. The summed E-state index contributed by atoms with van der Waals surface area (Å²) in [6.45, 7) is 6.73. The third kappa shape index (κ3) is 4.21. The van der Waals surface area contributed by atoms with Gasteiger partial charge in [0.05, 0.1) is 13.2 Å². The number of hydrogen-bond donors (Lipinski definition) is 1. The van der Waals surface area contributed by atoms with Gasteiger partial charge in [-0.1, -0.05) is 30.3 Å². The second-order valence-electron chi connectivity index (χ2n) is 7.07. The van der Waals surface area contributed by atoms with Gasteiger partial charge >= 0.3 is 0 Å². The van der Waals surface area contributed by atoms with Crippen molar-refractivity contribution in [3.63, 3.8) is 0 Å². The number of anilines is 1. The summed E-state index contributed by atoms with van der Waals surface area (Å²) < 4.78 is 7.46. The van der Waals surface area contributed by atoms with Crippen LogP contribution in [0.25, 0.3) is 10.9 Å². The Kier molecular flexibility index (Phi) is 5.23. The van der Waals surface area contributed by atoms with E-state index < -0.39 is 0 Å². The Balaban J connectivity index is 1.43. The van der Waals surface area contributed by atoms with Crippen LogP contribution < -0.4 is 5.32 Å². The Morgan fingerprint density at radius 1 is 1.07 bits per heavy atom. The van der Waals surface area contributed by atoms with Gasteiger partial charge in [-0.3, -0.25) is 9.69 Å². The second-order valence-corrected chi connectivity index (χ2v) is 7.07. The van der Waals surface area contributed by atoms with E-state index in [-0.39, 0.29) is 5.91 Å². The van der Waals surface area contributed by atoms with Gasteiger partial charge in [0.25, 0.3) is 0 Å². The van der Waals surface area contributed by atoms with Crippen LogP contribution in [0.3, 0.4) is 0 Å². The molecule has 1 amide bonds. The molecule has 2 aromatic carbocycles. The number of fused-ring (bicyclic) bond motifs is 1. The van der Waals surface area contributed by atoms with Gasteiger partial charge in [-0.05, 0) is 42.1 Å². The number of nitrogens with zero attached hydrogens (tertiary/aromatic N) is 2. The van der Waals surface area contributed by atoms with Crippen LogP contribution in [-0.4, -0.2) is 41.7 Å². The number of hydrogen-bond acceptors (Lipinski definition) is 3. The predicted molar refractivity (Wildman–Crippen MR) is 108 cm³/mol. The molecule has 1 aliphatic rings. The number of para-hydroxylation sites is 1. The SMILES string of the molecule is Cc1cc2ccccc2n1CC(=O)Nc1cccc(CN2CCOCC2)c1. The van der Waals surface area contributed by atoms with Crippen molar-refractivity contribution < 1.29 is 9.53 Å². The van der Waals surface area contributed by atoms with E-state index in [0.29, 0.717) is 6.54 Å². The summed E-state index contributed by atoms with van der Waals surface area (Å²) >= 11 is 0. The summed E-state index contributed by atoms with van der Waals surface area (Å²) in [5.74, 6) is -0.0111. The fourth-order valence-corrected chi connectivity index (χ4v) is 3.67. The Morgan fingerprint density at radius 3 is 2.74 bits per heavy atom. The average molecular weight is 363 g/mol. The molecule has 4 rings (SSSR count). The largest absolute Gasteiger partial charge is 0.379 e. The molecule has 1 N–H and O–H groups in total. The lowest BCUT2D eigenvalue weighted by atomic mass is 10.2. The zero-order chi connectivity index (χ0) is 18.6. The monoisotopic (exact) mass is 363 g/mol. The number of aryl methyl sites for hydroxylation is 1. The van der Waals surface area contributed by atoms with Crippen LogP contribution in [0.2, 0.25) is 0 Å². The molecule has 1 aromatic heterocycles. The van der Waals surface area contributed by atoms with Crippen molar-refractivity contribution in [2.45, 2.75) is 20.0 Å². The summed E-state index contributed by atoms with van der Waals surface area (Å²) in [5, 5.41) is 4.21. The van der Waals surface area contributed by atoms with Crippen molar-refractivity contribution >= 4 is 22.5 Å². The number of carbonyl (C=O) groups is 1. The molecule has 5 nitrogen and oxygen atoms in total. The molecule has 140 valence electrons. The molecule has 0 spiro atoms. The summed E-state index contributed by atoms with van der Waals surface area (Å²) in [6, 6.07) is 18.4. The first-order valence-corrected chi connectivity index (χ1v) is 9.43. The lowest BCUT2D eigenvalue weighted by molar-refractivity contribution is -0.116. The number of benzene rings is 2. The topological polar surface area (TPSA) is 46.5 Å². The van der Waals surface area contributed by atoms with Crippen molar-refractivity contribution in [1.29, 1.82) is 0 Å². The van der Waals surface area contributed by atoms with Crippen molar-refractivity contribution in [2.24, 2.45) is 0 Å². The Bertz CT molecular complexity index is 942. The quantitative estimate of drug-likeness (QED) is 0.756. The normalized spacial score (nSPS) is 15.1. The zero-order valence-electron chi connectivity index (χ0n) is 15.6. The smallest absolute Gasteiger partial charge is 0.244 e. The fourth-order valence-electron chi connectivity index (χ4n) is 3.67. The summed E-state index contributed by atoms with van der Waals surface area (Å²) in [4.78, 5) is 15.0. The lowest BCUT2D eigenvalue weighted by Gasteiger charge is -2.26. The Labute approximate surface area is 159 Å². The molecule has 2 heterocycles. The van der Waals surface area contributed by atoms with Gasteiger partial charge in [-0.15, -0.1) is 0 Å². The maximum Gasteiger partial charge on any atom is 0.244 e. The number of nitrogens with one attached hydrogen (secondary N) is 1. The highest BCUT2D eigenvalue weighted by Crippen LogP contribution is 2.19. The van der Waals surface area contributed by atoms with Crippen LogP contribution in [0, 0.1) is 6.92 Å². The van der Waals surface area contributed by atoms with Crippen LogP contribution >= 0.6 is 0 Å². The van der Waals surface area contributed by atoms with Crippen LogP contribution in [0.5, 0.6) is 0 Å². The van der Waals surface area contributed by atoms with Crippen molar-refractivity contribution in [3.8, 4) is 0 Å². The minimum Gasteiger partial charge on any atom is -0.379 e. The molecular weight excluding hydrogens is 338 g/mol. The van der Waals surface area contributed by atoms with Gasteiger partial charge in [0, 0.05) is 36.5 Å². The number of aromatic nitrogens is 1. The van der Waals surface area contributed by atoms with E-state index in [1.54, 1.807) is 0 Å². The molecule has 27 heavy (non-hydrogen) atoms. The minimum atomic E-state index is -0.0111. The zero-order valence-corrected chi connectivity index (χ0v) is 15.6. The number of rotatable bonds is 5. The Hall–Kier alpha value is -2.63. The number of morpholine rings is 1. The number of carbonyl (C=O) groups excluding carboxylic acids is 1. The number of amides is 1. The average Bonchev–Trinajstić information content (AvgIpc) is 2.98. The Morgan fingerprint density at radius 2 is 1.89 bits per heavy atom. The van der Waals surface area contributed by atoms with E-state index in [1.165, 1.54) is 5.56 Å². The molecule has 1 saturated heterocycles. The van der Waals surface area contributed by atoms with Gasteiger partial charge in [-0.2, -0.15) is 0 Å². The first-order valence-electron chi connectivity index (χ1n) is 9.43. The summed E-state index contributed by atoms with van der Waals surface area (Å²) in [6.07, 6.45) is 0. The maximum atomic E-state index is 12.6. The third-order valence-corrected chi connectivity index (χ3v) is 5.04. The van der Waals surface area contributed by atoms with Crippen LogP contribution in [0.1, 0.15) is 11.3 Å². The highest BCUT2D eigenvalue weighted by molar-refractivity contribution is 5.92. The highest BCUT2D eigenvalue weighted by atomic mass is 16.5. The predicted octanol–water partition coefficient (Wildman–Crippen LogP) is 3.42. The molecule has 5 heteroatoms. The first-order chi connectivity index (χ1) is 13.2. The maximum absolute atomic E-state index is 12.6. The van der Waals surface area contributed by atoms with Crippen LogP contribution in [-0.2, 0) is 22.6 Å². The lowest BCUT2D eigenvalue weighted by Crippen LogP contribution is -2.35. The molecule has 0 aliphatic carbocycles. The standard InChI is InChI=1S/C22H25N3O2/c1-17-13-19-6-2-3-8-21(19)25(17)16-22(26)23-20-7-4-5-18(14-20)15-24-9-11-27-12-10-24/h2-8,13-14H,9-12,15-16H2,1H3,(H,23,26). The minimum absolute atomic E-state index is 0.0111. The molecule has 1 aliphatic heterocycles. The molecule has 0 atom stereocenters. The van der Waals surface area contributed by atoms with E-state index in [2.05, 4.69) is 45.1 Å². The van der Waals surface area contributed by atoms with Gasteiger partial charge in [-0.25, -0.2) is 0 Å². The molecule has 3 aromatic rings. The van der Waals surface area contributed by atoms with E-state index in [4.69, 9.17) is 4.74 Å². The first kappa shape index (κ1) is 17.8. The highest BCUT2D eigenvalue weighted by Gasteiger charge is 2.12. The molecule has 0 unspecified atom stereocenters. The molecule has 1 fully saturated rings. The van der Waals surface area contributed by atoms with Crippen molar-refractivity contribution in [2.75, 3.05) is 31.6 Å². The van der Waals surface area contributed by atoms with Crippen molar-refractivity contribution in [3.05, 3.63) is 65.9 Å². The summed E-state index contributed by atoms with van der Waals surface area (Å²) in [7, 11) is 0. The molecule has 0 radical (unpaired) electrons. The van der Waals surface area contributed by atoms with E-state index in [0.717, 1.165) is 55.1 Å². The van der Waals surface area contributed by atoms with Gasteiger partial charge in [0.2, 0.25) is 5.91 Å². The van der Waals surface area contributed by atoms with Gasteiger partial charge < -0.3 is 14.6 Å². The molecular formula is C22H25N3O2. The van der Waals surface area contributed by atoms with Gasteiger partial charge in [0.15, 0.2) is 0 Å². The van der Waals surface area contributed by atoms with E-state index in [9.17, 15) is 4.79 Å². The van der Waals surface area contributed by atoms with Gasteiger partial charge in [0.1, 0.15) is 6.54 Å². The fraction of sp³-hybridized carbons (Fsp3) is 0.318. The van der Waals surface area contributed by atoms with Crippen molar-refractivity contribution in [1.82, 2.24) is 9.47 Å². The van der Waals surface area contributed by atoms with Crippen LogP contribution in [0.15, 0.2) is 54.6 Å². The third-order valence-electron chi connectivity index (χ3n) is 5.04. The molecule has 0 bridgehead atoms. The number of ether oxygens (including phenoxy) is 1. The van der Waals surface area contributed by atoms with E-state index >= 15 is 0 Å². The second kappa shape index (κ2) is 7.94. The van der Waals surface area contributed by atoms with Crippen LogP contribution in [0.4, 0.5) is 5.69 Å². The van der Waals surface area contributed by atoms with E-state index in [1.807, 2.05) is 31.2 Å².